The van der Waals surface area contributed by atoms with Crippen LogP contribution in [0.2, 0.25) is 0 Å². The van der Waals surface area contributed by atoms with Crippen LogP contribution in [0, 0.1) is 5.82 Å². The minimum atomic E-state index is -1.38. The number of piperidine rings is 1. The highest BCUT2D eigenvalue weighted by molar-refractivity contribution is 5.77. The highest BCUT2D eigenvalue weighted by atomic mass is 19.1. The number of aromatic nitrogens is 1. The highest BCUT2D eigenvalue weighted by Gasteiger charge is 2.22. The average Bonchev–Trinajstić information content (AvgIpc) is 3.19. The van der Waals surface area contributed by atoms with Crippen molar-refractivity contribution in [2.75, 3.05) is 31.6 Å². The topological polar surface area (TPSA) is 106 Å². The van der Waals surface area contributed by atoms with Crippen LogP contribution in [0.15, 0.2) is 34.7 Å². The van der Waals surface area contributed by atoms with E-state index in [1.807, 2.05) is 13.8 Å². The molecule has 10 heteroatoms. The first-order valence-electron chi connectivity index (χ1n) is 11.3. The van der Waals surface area contributed by atoms with Gasteiger partial charge in [-0.3, -0.25) is 4.90 Å². The number of benzene rings is 2. The van der Waals surface area contributed by atoms with E-state index in [1.54, 1.807) is 18.2 Å². The van der Waals surface area contributed by atoms with Gasteiger partial charge in [-0.1, -0.05) is 0 Å². The smallest absolute Gasteiger partial charge is 0.491 e. The minimum absolute atomic E-state index is 0.178. The molecular weight excluding hydrogens is 445 g/mol. The summed E-state index contributed by atoms with van der Waals surface area (Å²) in [4.78, 5) is 17.4. The number of rotatable bonds is 9. The maximum atomic E-state index is 14.5. The van der Waals surface area contributed by atoms with Gasteiger partial charge in [0.2, 0.25) is 5.82 Å². The van der Waals surface area contributed by atoms with Gasteiger partial charge in [-0.15, -0.1) is 0 Å². The van der Waals surface area contributed by atoms with Gasteiger partial charge in [-0.25, -0.2) is 4.79 Å². The fourth-order valence-corrected chi connectivity index (χ4v) is 4.04. The molecule has 2 N–H and O–H groups in total. The summed E-state index contributed by atoms with van der Waals surface area (Å²) in [5.41, 5.74) is 2.01. The van der Waals surface area contributed by atoms with Gasteiger partial charge in [0, 0.05) is 31.7 Å². The number of ether oxygens (including phenoxy) is 3. The van der Waals surface area contributed by atoms with E-state index < -0.39 is 12.0 Å². The molecule has 1 aliphatic rings. The summed E-state index contributed by atoms with van der Waals surface area (Å²) in [6, 6.07) is 8.75. The first-order valence-corrected chi connectivity index (χ1v) is 11.3. The molecule has 3 aromatic rings. The minimum Gasteiger partial charge on any atom is -0.491 e. The van der Waals surface area contributed by atoms with E-state index in [4.69, 9.17) is 19.0 Å². The molecule has 1 saturated heterocycles. The van der Waals surface area contributed by atoms with Gasteiger partial charge < -0.3 is 29.1 Å². The molecule has 0 unspecified atom stereocenters. The third-order valence-electron chi connectivity index (χ3n) is 5.55. The first-order chi connectivity index (χ1) is 16.4. The molecule has 4 rings (SSSR count). The summed E-state index contributed by atoms with van der Waals surface area (Å²) >= 11 is 0. The molecule has 34 heavy (non-hydrogen) atoms. The standard InChI is InChI=1S/C24H28FN3O6/c1-3-31-20-11-15(12-21(22(20)25)32-4-2)14-28-9-7-16(8-10-28)26-23-27-18-6-5-17(33-24(29)30)13-19(18)34-23/h5-6,11-13,16H,3-4,7-10,14H2,1-2H3,(H,26,27)(H,29,30). The number of anilines is 1. The van der Waals surface area contributed by atoms with E-state index in [9.17, 15) is 9.18 Å². The zero-order valence-corrected chi connectivity index (χ0v) is 19.2. The summed E-state index contributed by atoms with van der Waals surface area (Å²) in [5.74, 6) is 0.146. The Labute approximate surface area is 196 Å². The first kappa shape index (κ1) is 23.6. The van der Waals surface area contributed by atoms with Gasteiger partial charge >= 0.3 is 6.16 Å². The predicted molar refractivity (Wildman–Crippen MR) is 123 cm³/mol. The molecule has 0 amide bonds. The lowest BCUT2D eigenvalue weighted by Crippen LogP contribution is -2.38. The molecular formula is C24H28FN3O6. The Morgan fingerprint density at radius 1 is 1.18 bits per heavy atom. The third kappa shape index (κ3) is 5.69. The molecule has 9 nitrogen and oxygen atoms in total. The van der Waals surface area contributed by atoms with Crippen molar-refractivity contribution in [2.45, 2.75) is 39.3 Å². The van der Waals surface area contributed by atoms with Crippen LogP contribution >= 0.6 is 0 Å². The van der Waals surface area contributed by atoms with Crippen LogP contribution in [-0.2, 0) is 6.54 Å². The molecule has 1 aromatic heterocycles. The predicted octanol–water partition coefficient (Wildman–Crippen LogP) is 4.90. The fraction of sp³-hybridized carbons (Fsp3) is 0.417. The summed E-state index contributed by atoms with van der Waals surface area (Å²) in [6.45, 7) is 6.77. The number of likely N-dealkylation sites (tertiary alicyclic amines) is 1. The number of nitrogens with zero attached hydrogens (tertiary/aromatic N) is 2. The van der Waals surface area contributed by atoms with Gasteiger partial charge in [0.25, 0.3) is 6.01 Å². The number of fused-ring (bicyclic) bond motifs is 1. The van der Waals surface area contributed by atoms with Crippen molar-refractivity contribution in [1.82, 2.24) is 9.88 Å². The largest absolute Gasteiger partial charge is 0.511 e. The van der Waals surface area contributed by atoms with Crippen LogP contribution < -0.4 is 19.5 Å². The Morgan fingerprint density at radius 2 is 1.85 bits per heavy atom. The molecule has 2 heterocycles. The van der Waals surface area contributed by atoms with Crippen LogP contribution in [0.4, 0.5) is 15.2 Å². The van der Waals surface area contributed by atoms with Crippen molar-refractivity contribution >= 4 is 23.3 Å². The van der Waals surface area contributed by atoms with Crippen molar-refractivity contribution in [3.05, 3.63) is 41.7 Å². The number of nitrogens with one attached hydrogen (secondary N) is 1. The average molecular weight is 474 g/mol. The number of carbonyl (C=O) groups is 1. The molecule has 2 aromatic carbocycles. The molecule has 0 aliphatic carbocycles. The fourth-order valence-electron chi connectivity index (χ4n) is 4.04. The Balaban J connectivity index is 1.35. The van der Waals surface area contributed by atoms with Gasteiger partial charge in [0.15, 0.2) is 17.1 Å². The van der Waals surface area contributed by atoms with Crippen LogP contribution in [0.3, 0.4) is 0 Å². The second kappa shape index (κ2) is 10.6. The van der Waals surface area contributed by atoms with Gasteiger partial charge in [-0.05, 0) is 56.5 Å². The zero-order chi connectivity index (χ0) is 24.1. The Hall–Kier alpha value is -3.53. The van der Waals surface area contributed by atoms with Crippen LogP contribution in [0.5, 0.6) is 17.2 Å². The van der Waals surface area contributed by atoms with E-state index in [0.717, 1.165) is 31.5 Å². The molecule has 0 spiro atoms. The molecule has 0 radical (unpaired) electrons. The Bertz CT molecular complexity index is 1120. The molecule has 0 bridgehead atoms. The van der Waals surface area contributed by atoms with Crippen LogP contribution in [-0.4, -0.2) is 53.5 Å². The summed E-state index contributed by atoms with van der Waals surface area (Å²) in [5, 5.41) is 12.1. The Kier molecular flexibility index (Phi) is 7.36. The van der Waals surface area contributed by atoms with Gasteiger partial charge in [0.05, 0.1) is 13.2 Å². The van der Waals surface area contributed by atoms with E-state index in [2.05, 4.69) is 19.9 Å². The third-order valence-corrected chi connectivity index (χ3v) is 5.55. The normalized spacial score (nSPS) is 14.8. The SMILES string of the molecule is CCOc1cc(CN2CCC(Nc3nc4ccc(OC(=O)O)cc4o3)CC2)cc(OCC)c1F. The molecule has 182 valence electrons. The van der Waals surface area contributed by atoms with Crippen LogP contribution in [0.1, 0.15) is 32.3 Å². The number of hydrogen-bond donors (Lipinski definition) is 2. The lowest BCUT2D eigenvalue weighted by molar-refractivity contribution is 0.144. The van der Waals surface area contributed by atoms with E-state index in [-0.39, 0.29) is 23.3 Å². The maximum absolute atomic E-state index is 14.5. The monoisotopic (exact) mass is 473 g/mol. The van der Waals surface area contributed by atoms with Crippen molar-refractivity contribution in [3.8, 4) is 17.2 Å². The lowest BCUT2D eigenvalue weighted by atomic mass is 10.0. The molecule has 0 atom stereocenters. The molecule has 1 aliphatic heterocycles. The molecule has 1 fully saturated rings. The van der Waals surface area contributed by atoms with E-state index >= 15 is 0 Å². The van der Waals surface area contributed by atoms with Gasteiger partial charge in [0.1, 0.15) is 11.3 Å². The van der Waals surface area contributed by atoms with E-state index in [1.165, 1.54) is 12.1 Å². The Morgan fingerprint density at radius 3 is 2.47 bits per heavy atom. The summed E-state index contributed by atoms with van der Waals surface area (Å²) in [7, 11) is 0. The number of carboxylic acid groups (broad SMARTS) is 1. The second-order valence-corrected chi connectivity index (χ2v) is 7.98. The maximum Gasteiger partial charge on any atom is 0.511 e. The number of hydrogen-bond acceptors (Lipinski definition) is 8. The van der Waals surface area contributed by atoms with Gasteiger partial charge in [-0.2, -0.15) is 9.37 Å². The van der Waals surface area contributed by atoms with Crippen molar-refractivity contribution < 1.29 is 32.9 Å². The van der Waals surface area contributed by atoms with E-state index in [0.29, 0.717) is 36.9 Å². The molecule has 0 saturated carbocycles. The number of halogens is 1. The second-order valence-electron chi connectivity index (χ2n) is 7.98. The van der Waals surface area contributed by atoms with Crippen LogP contribution in [0.25, 0.3) is 11.1 Å². The lowest BCUT2D eigenvalue weighted by Gasteiger charge is -2.32. The highest BCUT2D eigenvalue weighted by Crippen LogP contribution is 2.31. The zero-order valence-electron chi connectivity index (χ0n) is 19.2. The van der Waals surface area contributed by atoms with Crippen molar-refractivity contribution in [3.63, 3.8) is 0 Å². The summed E-state index contributed by atoms with van der Waals surface area (Å²) < 4.78 is 35.8. The van der Waals surface area contributed by atoms with Crippen molar-refractivity contribution in [1.29, 1.82) is 0 Å². The number of oxazole rings is 1. The van der Waals surface area contributed by atoms with Crippen molar-refractivity contribution in [2.24, 2.45) is 0 Å². The summed E-state index contributed by atoms with van der Waals surface area (Å²) in [6.07, 6.45) is 0.376. The quantitative estimate of drug-likeness (QED) is 0.332.